The molecule has 1 aliphatic heterocycles. The second-order valence-corrected chi connectivity index (χ2v) is 7.80. The minimum absolute atomic E-state index is 0.164. The molecule has 0 radical (unpaired) electrons. The zero-order valence-electron chi connectivity index (χ0n) is 17.5. The standard InChI is InChI=1S/C26H22N2O4/c1-18-17-22(28(19-9-3-2-4-10-19)26(30)24-14-8-16-32-24)20-11-5-6-12-21(20)27(18)25(29)23-13-7-15-31-23/h2-16,18,22H,17H2,1H3/t18-,22-/m1/s1. The van der Waals surface area contributed by atoms with E-state index in [2.05, 4.69) is 0 Å². The summed E-state index contributed by atoms with van der Waals surface area (Å²) in [6, 6.07) is 23.6. The SMILES string of the molecule is C[C@@H]1C[C@@H](N(C(=O)c2ccco2)c2ccccc2)c2ccccc2N1C(=O)c1ccco1. The van der Waals surface area contributed by atoms with Crippen molar-refractivity contribution in [1.82, 2.24) is 0 Å². The Bertz CT molecular complexity index is 1220. The van der Waals surface area contributed by atoms with Crippen LogP contribution in [-0.2, 0) is 0 Å². The lowest BCUT2D eigenvalue weighted by atomic mass is 9.89. The van der Waals surface area contributed by atoms with Gasteiger partial charge in [-0.25, -0.2) is 0 Å². The zero-order chi connectivity index (χ0) is 22.1. The van der Waals surface area contributed by atoms with Crippen LogP contribution in [-0.4, -0.2) is 17.9 Å². The third kappa shape index (κ3) is 3.39. The van der Waals surface area contributed by atoms with Crippen LogP contribution >= 0.6 is 0 Å². The van der Waals surface area contributed by atoms with Crippen LogP contribution in [0, 0.1) is 0 Å². The van der Waals surface area contributed by atoms with Crippen LogP contribution in [0.5, 0.6) is 0 Å². The van der Waals surface area contributed by atoms with Crippen molar-refractivity contribution in [3.8, 4) is 0 Å². The van der Waals surface area contributed by atoms with Gasteiger partial charge in [0.15, 0.2) is 11.5 Å². The van der Waals surface area contributed by atoms with Gasteiger partial charge in [-0.3, -0.25) is 14.5 Å². The van der Waals surface area contributed by atoms with Gasteiger partial charge in [0.05, 0.1) is 18.6 Å². The molecule has 5 rings (SSSR count). The minimum Gasteiger partial charge on any atom is -0.459 e. The Kier molecular flexibility index (Phi) is 5.11. The van der Waals surface area contributed by atoms with Crippen LogP contribution in [0.4, 0.5) is 11.4 Å². The summed E-state index contributed by atoms with van der Waals surface area (Å²) in [6.07, 6.45) is 3.55. The Morgan fingerprint density at radius 2 is 1.50 bits per heavy atom. The van der Waals surface area contributed by atoms with Crippen molar-refractivity contribution in [2.24, 2.45) is 0 Å². The van der Waals surface area contributed by atoms with E-state index in [-0.39, 0.29) is 35.4 Å². The minimum atomic E-state index is -0.276. The summed E-state index contributed by atoms with van der Waals surface area (Å²) < 4.78 is 10.8. The molecule has 0 bridgehead atoms. The quantitative estimate of drug-likeness (QED) is 0.420. The zero-order valence-corrected chi connectivity index (χ0v) is 17.5. The number of para-hydroxylation sites is 2. The van der Waals surface area contributed by atoms with E-state index in [1.807, 2.05) is 61.5 Å². The second kappa shape index (κ2) is 8.23. The Labute approximate surface area is 185 Å². The van der Waals surface area contributed by atoms with E-state index >= 15 is 0 Å². The number of fused-ring (bicyclic) bond motifs is 1. The number of carbonyl (C=O) groups is 2. The number of amides is 2. The van der Waals surface area contributed by atoms with Gasteiger partial charge in [-0.1, -0.05) is 36.4 Å². The summed E-state index contributed by atoms with van der Waals surface area (Å²) in [6.45, 7) is 1.99. The molecule has 160 valence electrons. The summed E-state index contributed by atoms with van der Waals surface area (Å²) in [5.41, 5.74) is 2.44. The highest BCUT2D eigenvalue weighted by atomic mass is 16.3. The summed E-state index contributed by atoms with van der Waals surface area (Å²) in [7, 11) is 0. The molecule has 2 aromatic heterocycles. The number of nitrogens with zero attached hydrogens (tertiary/aromatic N) is 2. The summed E-state index contributed by atoms with van der Waals surface area (Å²) in [5.74, 6) is 0.140. The van der Waals surface area contributed by atoms with Crippen LogP contribution in [0.1, 0.15) is 46.1 Å². The number of rotatable bonds is 4. The average Bonchev–Trinajstić information content (AvgIpc) is 3.54. The fourth-order valence-electron chi connectivity index (χ4n) is 4.40. The molecule has 4 aromatic rings. The first-order valence-corrected chi connectivity index (χ1v) is 10.5. The molecule has 6 nitrogen and oxygen atoms in total. The van der Waals surface area contributed by atoms with Crippen molar-refractivity contribution >= 4 is 23.2 Å². The molecule has 1 aliphatic rings. The lowest BCUT2D eigenvalue weighted by molar-refractivity contribution is 0.0937. The third-order valence-electron chi connectivity index (χ3n) is 5.81. The number of carbonyl (C=O) groups excluding carboxylic acids is 2. The van der Waals surface area contributed by atoms with E-state index in [0.717, 1.165) is 16.9 Å². The maximum Gasteiger partial charge on any atom is 0.294 e. The monoisotopic (exact) mass is 426 g/mol. The van der Waals surface area contributed by atoms with Crippen molar-refractivity contribution in [2.45, 2.75) is 25.4 Å². The summed E-state index contributed by atoms with van der Waals surface area (Å²) in [4.78, 5) is 30.3. The van der Waals surface area contributed by atoms with Gasteiger partial charge in [0.25, 0.3) is 11.8 Å². The van der Waals surface area contributed by atoms with Crippen molar-refractivity contribution in [1.29, 1.82) is 0 Å². The molecule has 0 aliphatic carbocycles. The van der Waals surface area contributed by atoms with Gasteiger partial charge in [0.2, 0.25) is 0 Å². The van der Waals surface area contributed by atoms with Crippen LogP contribution in [0.2, 0.25) is 0 Å². The van der Waals surface area contributed by atoms with E-state index in [9.17, 15) is 9.59 Å². The molecule has 3 heterocycles. The third-order valence-corrected chi connectivity index (χ3v) is 5.81. The molecule has 0 saturated carbocycles. The smallest absolute Gasteiger partial charge is 0.294 e. The first-order chi connectivity index (χ1) is 15.6. The van der Waals surface area contributed by atoms with Gasteiger partial charge < -0.3 is 13.7 Å². The molecule has 0 spiro atoms. The Morgan fingerprint density at radius 1 is 0.844 bits per heavy atom. The Balaban J connectivity index is 1.61. The molecule has 2 amide bonds. The van der Waals surface area contributed by atoms with Gasteiger partial charge in [-0.2, -0.15) is 0 Å². The van der Waals surface area contributed by atoms with Gasteiger partial charge in [-0.15, -0.1) is 0 Å². The van der Waals surface area contributed by atoms with Crippen molar-refractivity contribution < 1.29 is 18.4 Å². The maximum atomic E-state index is 13.6. The second-order valence-electron chi connectivity index (χ2n) is 7.80. The largest absolute Gasteiger partial charge is 0.459 e. The van der Waals surface area contributed by atoms with Crippen LogP contribution < -0.4 is 9.80 Å². The van der Waals surface area contributed by atoms with Crippen molar-refractivity contribution in [3.63, 3.8) is 0 Å². The van der Waals surface area contributed by atoms with E-state index in [4.69, 9.17) is 8.83 Å². The Morgan fingerprint density at radius 3 is 2.19 bits per heavy atom. The lowest BCUT2D eigenvalue weighted by Gasteiger charge is -2.43. The van der Waals surface area contributed by atoms with Crippen LogP contribution in [0.15, 0.2) is 100 Å². The number of hydrogen-bond donors (Lipinski definition) is 0. The molecule has 6 heteroatoms. The number of hydrogen-bond acceptors (Lipinski definition) is 4. The number of benzene rings is 2. The molecular formula is C26H22N2O4. The fraction of sp³-hybridized carbons (Fsp3) is 0.154. The van der Waals surface area contributed by atoms with Crippen LogP contribution in [0.25, 0.3) is 0 Å². The highest BCUT2D eigenvalue weighted by Crippen LogP contribution is 2.43. The van der Waals surface area contributed by atoms with Gasteiger partial charge in [-0.05, 0) is 61.4 Å². The number of anilines is 2. The topological polar surface area (TPSA) is 66.9 Å². The Hall–Kier alpha value is -4.06. The fourth-order valence-corrected chi connectivity index (χ4v) is 4.40. The van der Waals surface area contributed by atoms with E-state index in [1.54, 1.807) is 34.1 Å². The lowest BCUT2D eigenvalue weighted by Crippen LogP contribution is -2.47. The highest BCUT2D eigenvalue weighted by Gasteiger charge is 2.40. The predicted octanol–water partition coefficient (Wildman–Crippen LogP) is 5.70. The predicted molar refractivity (Wildman–Crippen MR) is 121 cm³/mol. The van der Waals surface area contributed by atoms with Crippen molar-refractivity contribution in [3.05, 3.63) is 108 Å². The normalized spacial score (nSPS) is 17.6. The summed E-state index contributed by atoms with van der Waals surface area (Å²) in [5, 5.41) is 0. The van der Waals surface area contributed by atoms with Crippen molar-refractivity contribution in [2.75, 3.05) is 9.80 Å². The number of furan rings is 2. The van der Waals surface area contributed by atoms with Gasteiger partial charge in [0.1, 0.15) is 0 Å². The first-order valence-electron chi connectivity index (χ1n) is 10.5. The van der Waals surface area contributed by atoms with Gasteiger partial charge in [0, 0.05) is 17.4 Å². The van der Waals surface area contributed by atoms with Gasteiger partial charge >= 0.3 is 0 Å². The molecule has 0 unspecified atom stereocenters. The first kappa shape index (κ1) is 19.9. The molecule has 0 fully saturated rings. The van der Waals surface area contributed by atoms with Crippen LogP contribution in [0.3, 0.4) is 0 Å². The average molecular weight is 426 g/mol. The molecule has 32 heavy (non-hydrogen) atoms. The maximum absolute atomic E-state index is 13.6. The molecule has 0 saturated heterocycles. The summed E-state index contributed by atoms with van der Waals surface area (Å²) >= 11 is 0. The van der Waals surface area contributed by atoms with E-state index in [0.29, 0.717) is 6.42 Å². The van der Waals surface area contributed by atoms with E-state index < -0.39 is 0 Å². The molecule has 2 aromatic carbocycles. The van der Waals surface area contributed by atoms with E-state index in [1.165, 1.54) is 12.5 Å². The molecular weight excluding hydrogens is 404 g/mol. The molecule has 2 atom stereocenters. The molecule has 0 N–H and O–H groups in total. The highest BCUT2D eigenvalue weighted by molar-refractivity contribution is 6.07.